The van der Waals surface area contributed by atoms with Crippen molar-refractivity contribution in [3.63, 3.8) is 0 Å². The van der Waals surface area contributed by atoms with E-state index in [-0.39, 0.29) is 0 Å². The lowest BCUT2D eigenvalue weighted by Gasteiger charge is -2.48. The van der Waals surface area contributed by atoms with Gasteiger partial charge >= 0.3 is 0 Å². The Morgan fingerprint density at radius 3 is 1.26 bits per heavy atom. The molecule has 3 heterocycles. The second-order valence-electron chi connectivity index (χ2n) is 8.33. The summed E-state index contributed by atoms with van der Waals surface area (Å²) in [5, 5.41) is 109. The van der Waals surface area contributed by atoms with E-state index < -0.39 is 112 Å². The summed E-state index contributed by atoms with van der Waals surface area (Å²) in [4.78, 5) is 0. The van der Waals surface area contributed by atoms with Crippen molar-refractivity contribution in [1.82, 2.24) is 0 Å². The highest BCUT2D eigenvalue weighted by Crippen LogP contribution is 2.32. The quantitative estimate of drug-likeness (QED) is 0.154. The van der Waals surface area contributed by atoms with Gasteiger partial charge in [-0.1, -0.05) is 0 Å². The molecule has 0 aromatic carbocycles. The summed E-state index contributed by atoms with van der Waals surface area (Å²) in [6.07, 6.45) is -25.6. The Balaban J connectivity index is 1.84. The van der Waals surface area contributed by atoms with E-state index in [2.05, 4.69) is 0 Å². The summed E-state index contributed by atoms with van der Waals surface area (Å²) in [5.74, 6) is 0. The Morgan fingerprint density at radius 2 is 0.853 bits per heavy atom. The maximum atomic E-state index is 10.5. The van der Waals surface area contributed by atoms with E-state index in [0.717, 1.165) is 0 Å². The van der Waals surface area contributed by atoms with Gasteiger partial charge in [0.15, 0.2) is 18.9 Å². The zero-order valence-corrected chi connectivity index (χ0v) is 17.7. The van der Waals surface area contributed by atoms with Gasteiger partial charge in [-0.3, -0.25) is 0 Å². The summed E-state index contributed by atoms with van der Waals surface area (Å²) in [6.45, 7) is -2.35. The van der Waals surface area contributed by atoms with Gasteiger partial charge in [-0.2, -0.15) is 0 Å². The number of rotatable bonds is 7. The van der Waals surface area contributed by atoms with Crippen molar-refractivity contribution in [2.24, 2.45) is 0 Å². The Labute approximate surface area is 192 Å². The third kappa shape index (κ3) is 5.37. The van der Waals surface area contributed by atoms with E-state index in [9.17, 15) is 56.2 Å². The number of aliphatic hydroxyl groups excluding tert-OH is 11. The first-order valence-electron chi connectivity index (χ1n) is 10.6. The van der Waals surface area contributed by atoms with Crippen LogP contribution in [0.3, 0.4) is 0 Å². The van der Waals surface area contributed by atoms with Gasteiger partial charge in [0.1, 0.15) is 73.2 Å². The second-order valence-corrected chi connectivity index (χ2v) is 8.33. The monoisotopic (exact) mass is 504 g/mol. The molecule has 3 rings (SSSR count). The average molecular weight is 504 g/mol. The molecule has 0 saturated carbocycles. The van der Waals surface area contributed by atoms with Crippen LogP contribution in [0.5, 0.6) is 0 Å². The molecule has 200 valence electrons. The molecule has 0 radical (unpaired) electrons. The van der Waals surface area contributed by atoms with Gasteiger partial charge in [0.2, 0.25) is 0 Å². The van der Waals surface area contributed by atoms with Crippen LogP contribution in [0.15, 0.2) is 0 Å². The molecule has 11 N–H and O–H groups in total. The van der Waals surface area contributed by atoms with Crippen molar-refractivity contribution >= 4 is 0 Å². The molecule has 0 spiro atoms. The lowest BCUT2D eigenvalue weighted by atomic mass is 9.96. The molecule has 3 aliphatic rings. The number of aliphatic hydroxyl groups is 11. The average Bonchev–Trinajstić information content (AvgIpc) is 2.83. The summed E-state index contributed by atoms with van der Waals surface area (Å²) < 4.78 is 26.7. The molecule has 3 aliphatic heterocycles. The lowest BCUT2D eigenvalue weighted by Crippen LogP contribution is -2.67. The predicted octanol–water partition coefficient (Wildman–Crippen LogP) is -7.57. The standard InChI is InChI=1S/C18H32O16/c19-1-4-7(22)9(24)11(26)17(31-4)33-14-6(3-21)30-16(29)13(28)15(14)34-18-12(27)10(25)8(23)5(2-20)32-18/h4-29H,1-3H2/t4-,5-,6-,7-,8-,9+,10+,11-,12+,13-,14+,15-,16-,17+,18+/m1/s1. The van der Waals surface area contributed by atoms with Gasteiger partial charge in [-0.15, -0.1) is 0 Å². The van der Waals surface area contributed by atoms with Gasteiger partial charge in [-0.05, 0) is 0 Å². The van der Waals surface area contributed by atoms with Gasteiger partial charge in [0, 0.05) is 0 Å². The lowest BCUT2D eigenvalue weighted by molar-refractivity contribution is -0.383. The fourth-order valence-electron chi connectivity index (χ4n) is 4.04. The van der Waals surface area contributed by atoms with Crippen LogP contribution in [0.4, 0.5) is 0 Å². The molecule has 3 fully saturated rings. The second kappa shape index (κ2) is 11.6. The topological polar surface area (TPSA) is 269 Å². The maximum absolute atomic E-state index is 10.5. The number of hydrogen-bond donors (Lipinski definition) is 11. The molecular weight excluding hydrogens is 472 g/mol. The first-order valence-corrected chi connectivity index (χ1v) is 10.6. The molecule has 0 aromatic rings. The minimum Gasteiger partial charge on any atom is -0.394 e. The van der Waals surface area contributed by atoms with Crippen LogP contribution in [0, 0.1) is 0 Å². The van der Waals surface area contributed by atoms with Crippen LogP contribution in [-0.4, -0.2) is 168 Å². The van der Waals surface area contributed by atoms with Crippen LogP contribution in [-0.2, 0) is 23.7 Å². The molecule has 0 aromatic heterocycles. The molecule has 3 saturated heterocycles. The smallest absolute Gasteiger partial charge is 0.187 e. The Kier molecular flexibility index (Phi) is 9.54. The summed E-state index contributed by atoms with van der Waals surface area (Å²) in [6, 6.07) is 0. The van der Waals surface area contributed by atoms with E-state index in [1.165, 1.54) is 0 Å². The zero-order valence-electron chi connectivity index (χ0n) is 17.7. The number of ether oxygens (including phenoxy) is 5. The van der Waals surface area contributed by atoms with Crippen LogP contribution in [0.2, 0.25) is 0 Å². The SMILES string of the molecule is OC[C@H]1O[C@@H](O[C@@H]2[C@@H](O)[C@H](O)O[C@H](CO)[C@@H]2O[C@@H]2O[C@H](CO)[C@@H](O)[C@H](O)[C@H]2O)[C@@H](O)[C@@H](O)[C@@H]1O. The Hall–Kier alpha value is -0.640. The molecule has 16 heteroatoms. The molecule has 15 atom stereocenters. The predicted molar refractivity (Wildman–Crippen MR) is 101 cm³/mol. The van der Waals surface area contributed by atoms with E-state index in [1.807, 2.05) is 0 Å². The highest BCUT2D eigenvalue weighted by Gasteiger charge is 2.53. The van der Waals surface area contributed by atoms with Gasteiger partial charge in [0.25, 0.3) is 0 Å². The van der Waals surface area contributed by atoms with Crippen LogP contribution in [0.25, 0.3) is 0 Å². The minimum absolute atomic E-state index is 0.762. The summed E-state index contributed by atoms with van der Waals surface area (Å²) in [5.41, 5.74) is 0. The third-order valence-corrected chi connectivity index (χ3v) is 6.09. The molecule has 0 unspecified atom stereocenters. The highest BCUT2D eigenvalue weighted by molar-refractivity contribution is 4.96. The molecular formula is C18H32O16. The molecule has 34 heavy (non-hydrogen) atoms. The first kappa shape index (κ1) is 27.9. The first-order chi connectivity index (χ1) is 16.0. The van der Waals surface area contributed by atoms with Gasteiger partial charge < -0.3 is 79.9 Å². The van der Waals surface area contributed by atoms with Crippen LogP contribution >= 0.6 is 0 Å². The van der Waals surface area contributed by atoms with Crippen LogP contribution < -0.4 is 0 Å². The Bertz CT molecular complexity index is 599. The van der Waals surface area contributed by atoms with Crippen molar-refractivity contribution in [2.45, 2.75) is 92.1 Å². The number of hydrogen-bond acceptors (Lipinski definition) is 16. The minimum atomic E-state index is -1.93. The highest BCUT2D eigenvalue weighted by atomic mass is 16.8. The fourth-order valence-corrected chi connectivity index (χ4v) is 4.04. The van der Waals surface area contributed by atoms with Crippen LogP contribution in [0.1, 0.15) is 0 Å². The summed E-state index contributed by atoms with van der Waals surface area (Å²) >= 11 is 0. The van der Waals surface area contributed by atoms with E-state index in [0.29, 0.717) is 0 Å². The summed E-state index contributed by atoms with van der Waals surface area (Å²) in [7, 11) is 0. The van der Waals surface area contributed by atoms with Crippen molar-refractivity contribution in [3.05, 3.63) is 0 Å². The van der Waals surface area contributed by atoms with Crippen molar-refractivity contribution in [2.75, 3.05) is 19.8 Å². The third-order valence-electron chi connectivity index (χ3n) is 6.09. The molecule has 0 bridgehead atoms. The van der Waals surface area contributed by atoms with Gasteiger partial charge in [0.05, 0.1) is 19.8 Å². The van der Waals surface area contributed by atoms with E-state index in [1.54, 1.807) is 0 Å². The largest absolute Gasteiger partial charge is 0.394 e. The fraction of sp³-hybridized carbons (Fsp3) is 1.00. The van der Waals surface area contributed by atoms with E-state index in [4.69, 9.17) is 23.7 Å². The van der Waals surface area contributed by atoms with Crippen molar-refractivity contribution < 1.29 is 79.9 Å². The maximum Gasteiger partial charge on any atom is 0.187 e. The van der Waals surface area contributed by atoms with Crippen molar-refractivity contribution in [3.8, 4) is 0 Å². The normalized spacial score (nSPS) is 52.5. The molecule has 0 amide bonds. The van der Waals surface area contributed by atoms with Crippen molar-refractivity contribution in [1.29, 1.82) is 0 Å². The van der Waals surface area contributed by atoms with E-state index >= 15 is 0 Å². The van der Waals surface area contributed by atoms with Gasteiger partial charge in [-0.25, -0.2) is 0 Å². The Morgan fingerprint density at radius 1 is 0.441 bits per heavy atom. The molecule has 16 nitrogen and oxygen atoms in total. The molecule has 0 aliphatic carbocycles. The zero-order chi connectivity index (χ0) is 25.3.